The third-order valence-electron chi connectivity index (χ3n) is 6.66. The minimum Gasteiger partial charge on any atom is -0.353 e. The van der Waals surface area contributed by atoms with Crippen LogP contribution in [0.4, 0.5) is 0 Å². The largest absolute Gasteiger partial charge is 0.353 e. The average molecular weight is 402 g/mol. The highest BCUT2D eigenvalue weighted by atomic mass is 16.2. The molecule has 0 unspecified atom stereocenters. The lowest BCUT2D eigenvalue weighted by Gasteiger charge is -2.41. The van der Waals surface area contributed by atoms with Crippen LogP contribution in [0.1, 0.15) is 43.4 Å². The lowest BCUT2D eigenvalue weighted by atomic mass is 9.70. The van der Waals surface area contributed by atoms with Crippen molar-refractivity contribution in [1.82, 2.24) is 19.6 Å². The second-order valence-electron chi connectivity index (χ2n) is 8.43. The molecule has 0 saturated carbocycles. The molecule has 4 heterocycles. The maximum absolute atomic E-state index is 12.8. The van der Waals surface area contributed by atoms with Crippen LogP contribution in [-0.4, -0.2) is 45.2 Å². The Labute approximate surface area is 175 Å². The van der Waals surface area contributed by atoms with Crippen LogP contribution in [0.25, 0.3) is 5.65 Å². The Hall–Kier alpha value is -3.15. The number of nitrogens with one attached hydrogen (secondary N) is 1. The van der Waals surface area contributed by atoms with Gasteiger partial charge >= 0.3 is 0 Å². The van der Waals surface area contributed by atoms with Crippen LogP contribution in [0.2, 0.25) is 0 Å². The predicted octanol–water partition coefficient (Wildman–Crippen LogP) is 2.91. The van der Waals surface area contributed by atoms with E-state index in [1.807, 2.05) is 35.4 Å². The summed E-state index contributed by atoms with van der Waals surface area (Å²) in [4.78, 5) is 31.2. The molecule has 154 valence electrons. The van der Waals surface area contributed by atoms with E-state index in [9.17, 15) is 9.59 Å². The van der Waals surface area contributed by atoms with Gasteiger partial charge in [-0.3, -0.25) is 9.59 Å². The summed E-state index contributed by atoms with van der Waals surface area (Å²) in [5, 5.41) is 2.91. The summed E-state index contributed by atoms with van der Waals surface area (Å²) in [5.74, 6) is 0.195. The number of benzene rings is 1. The molecule has 1 atom stereocenters. The molecule has 1 N–H and O–H groups in total. The van der Waals surface area contributed by atoms with Crippen molar-refractivity contribution in [3.63, 3.8) is 0 Å². The van der Waals surface area contributed by atoms with Gasteiger partial charge in [-0.25, -0.2) is 4.98 Å². The van der Waals surface area contributed by atoms with Gasteiger partial charge in [0.15, 0.2) is 0 Å². The second kappa shape index (κ2) is 7.59. The summed E-state index contributed by atoms with van der Waals surface area (Å²) >= 11 is 0. The SMILES string of the molecule is O=C1CC[C@@H](CC(=O)N2CCC(c3ccccc3)(c3cn4ccccc4n3)CC2)N1. The molecule has 2 amide bonds. The number of likely N-dealkylation sites (tertiary alicyclic amines) is 1. The first-order valence-corrected chi connectivity index (χ1v) is 10.7. The van der Waals surface area contributed by atoms with E-state index >= 15 is 0 Å². The molecule has 6 nitrogen and oxygen atoms in total. The molecule has 1 aromatic carbocycles. The topological polar surface area (TPSA) is 66.7 Å². The van der Waals surface area contributed by atoms with E-state index in [1.54, 1.807) is 0 Å². The molecule has 30 heavy (non-hydrogen) atoms. The monoisotopic (exact) mass is 402 g/mol. The quantitative estimate of drug-likeness (QED) is 0.730. The van der Waals surface area contributed by atoms with Crippen molar-refractivity contribution in [3.05, 3.63) is 72.2 Å². The van der Waals surface area contributed by atoms with Gasteiger partial charge in [-0.1, -0.05) is 36.4 Å². The Balaban J connectivity index is 1.39. The molecule has 0 bridgehead atoms. The molecule has 0 spiro atoms. The van der Waals surface area contributed by atoms with Crippen molar-refractivity contribution in [2.45, 2.75) is 43.6 Å². The lowest BCUT2D eigenvalue weighted by molar-refractivity contribution is -0.133. The van der Waals surface area contributed by atoms with E-state index < -0.39 is 0 Å². The zero-order valence-electron chi connectivity index (χ0n) is 17.0. The zero-order valence-corrected chi connectivity index (χ0v) is 17.0. The Morgan fingerprint density at radius 1 is 1.10 bits per heavy atom. The van der Waals surface area contributed by atoms with Crippen LogP contribution in [0.3, 0.4) is 0 Å². The molecule has 3 aromatic rings. The van der Waals surface area contributed by atoms with Crippen LogP contribution in [0.5, 0.6) is 0 Å². The normalized spacial score (nSPS) is 21.0. The first-order chi connectivity index (χ1) is 14.6. The maximum Gasteiger partial charge on any atom is 0.224 e. The molecule has 2 saturated heterocycles. The van der Waals surface area contributed by atoms with E-state index in [0.717, 1.165) is 30.6 Å². The smallest absolute Gasteiger partial charge is 0.224 e. The van der Waals surface area contributed by atoms with E-state index in [-0.39, 0.29) is 23.3 Å². The third-order valence-corrected chi connectivity index (χ3v) is 6.66. The number of piperidine rings is 1. The number of carbonyl (C=O) groups is 2. The number of fused-ring (bicyclic) bond motifs is 1. The van der Waals surface area contributed by atoms with E-state index in [4.69, 9.17) is 4.98 Å². The van der Waals surface area contributed by atoms with Gasteiger partial charge in [-0.2, -0.15) is 0 Å². The first-order valence-electron chi connectivity index (χ1n) is 10.7. The van der Waals surface area contributed by atoms with Crippen LogP contribution in [0.15, 0.2) is 60.9 Å². The lowest BCUT2D eigenvalue weighted by Crippen LogP contribution is -2.47. The standard InChI is InChI=1S/C24H26N4O2/c29-22-10-9-19(25-22)16-23(30)27-14-11-24(12-15-27,18-6-2-1-3-7-18)20-17-28-13-5-4-8-21(28)26-20/h1-8,13,17,19H,9-12,14-16H2,(H,25,29)/t19-/m0/s1. The highest BCUT2D eigenvalue weighted by Gasteiger charge is 2.41. The van der Waals surface area contributed by atoms with Crippen molar-refractivity contribution in [2.75, 3.05) is 13.1 Å². The number of imidazole rings is 1. The number of amides is 2. The minimum atomic E-state index is -0.203. The second-order valence-corrected chi connectivity index (χ2v) is 8.43. The van der Waals surface area contributed by atoms with E-state index in [0.29, 0.717) is 25.9 Å². The number of hydrogen-bond acceptors (Lipinski definition) is 3. The number of pyridine rings is 1. The van der Waals surface area contributed by atoms with Gasteiger partial charge < -0.3 is 14.6 Å². The van der Waals surface area contributed by atoms with Crippen LogP contribution < -0.4 is 5.32 Å². The van der Waals surface area contributed by atoms with E-state index in [1.165, 1.54) is 5.56 Å². The van der Waals surface area contributed by atoms with Gasteiger partial charge in [0.1, 0.15) is 5.65 Å². The third kappa shape index (κ3) is 3.36. The molecule has 2 fully saturated rings. The van der Waals surface area contributed by atoms with Crippen molar-refractivity contribution < 1.29 is 9.59 Å². The molecule has 2 aliphatic rings. The van der Waals surface area contributed by atoms with Crippen molar-refractivity contribution in [1.29, 1.82) is 0 Å². The first kappa shape index (κ1) is 18.9. The zero-order chi connectivity index (χ0) is 20.6. The molecular formula is C24H26N4O2. The fourth-order valence-electron chi connectivity index (χ4n) is 4.92. The van der Waals surface area contributed by atoms with Gasteiger partial charge in [0, 0.05) is 49.8 Å². The molecule has 2 aliphatic heterocycles. The molecule has 0 radical (unpaired) electrons. The van der Waals surface area contributed by atoms with Crippen molar-refractivity contribution in [3.8, 4) is 0 Å². The summed E-state index contributed by atoms with van der Waals surface area (Å²) in [6.07, 6.45) is 7.52. The van der Waals surface area contributed by atoms with Gasteiger partial charge in [0.2, 0.25) is 11.8 Å². The average Bonchev–Trinajstić information content (AvgIpc) is 3.40. The summed E-state index contributed by atoms with van der Waals surface area (Å²) in [5.41, 5.74) is 3.06. The van der Waals surface area contributed by atoms with Crippen molar-refractivity contribution in [2.24, 2.45) is 0 Å². The van der Waals surface area contributed by atoms with Crippen LogP contribution in [-0.2, 0) is 15.0 Å². The Kier molecular flexibility index (Phi) is 4.77. The van der Waals surface area contributed by atoms with Crippen molar-refractivity contribution >= 4 is 17.5 Å². The number of aromatic nitrogens is 2. The molecule has 2 aromatic heterocycles. The molecule has 5 rings (SSSR count). The Morgan fingerprint density at radius 3 is 2.57 bits per heavy atom. The van der Waals surface area contributed by atoms with E-state index in [2.05, 4.69) is 40.2 Å². The Bertz CT molecular complexity index is 1030. The fourth-order valence-corrected chi connectivity index (χ4v) is 4.92. The highest BCUT2D eigenvalue weighted by molar-refractivity contribution is 5.82. The molecule has 6 heteroatoms. The van der Waals surface area contributed by atoms with Gasteiger partial charge in [-0.15, -0.1) is 0 Å². The highest BCUT2D eigenvalue weighted by Crippen LogP contribution is 2.41. The summed E-state index contributed by atoms with van der Waals surface area (Å²) in [6.45, 7) is 1.39. The van der Waals surface area contributed by atoms with Crippen LogP contribution >= 0.6 is 0 Å². The van der Waals surface area contributed by atoms with Gasteiger partial charge in [0.25, 0.3) is 0 Å². The Morgan fingerprint density at radius 2 is 1.87 bits per heavy atom. The molecular weight excluding hydrogens is 376 g/mol. The summed E-state index contributed by atoms with van der Waals surface area (Å²) in [7, 11) is 0. The summed E-state index contributed by atoms with van der Waals surface area (Å²) in [6, 6.07) is 16.6. The number of hydrogen-bond donors (Lipinski definition) is 1. The van der Waals surface area contributed by atoms with Crippen LogP contribution in [0, 0.1) is 0 Å². The predicted molar refractivity (Wildman–Crippen MR) is 114 cm³/mol. The number of nitrogens with zero attached hydrogens (tertiary/aromatic N) is 3. The fraction of sp³-hybridized carbons (Fsp3) is 0.375. The number of carbonyl (C=O) groups excluding carboxylic acids is 2. The van der Waals surface area contributed by atoms with Gasteiger partial charge in [0.05, 0.1) is 5.69 Å². The van der Waals surface area contributed by atoms with Gasteiger partial charge in [-0.05, 0) is 37.0 Å². The number of rotatable bonds is 4. The maximum atomic E-state index is 12.8. The molecule has 0 aliphatic carbocycles. The summed E-state index contributed by atoms with van der Waals surface area (Å²) < 4.78 is 2.07. The minimum absolute atomic E-state index is 0.00996.